The lowest BCUT2D eigenvalue weighted by molar-refractivity contribution is 0.0601. The molecule has 0 aliphatic carbocycles. The highest BCUT2D eigenvalue weighted by atomic mass is 32.1. The van der Waals surface area contributed by atoms with E-state index in [4.69, 9.17) is 4.74 Å². The Hall–Kier alpha value is -2.73. The van der Waals surface area contributed by atoms with Crippen LogP contribution in [0.5, 0.6) is 0 Å². The number of benzene rings is 2. The molecule has 2 aromatic carbocycles. The highest BCUT2D eigenvalue weighted by molar-refractivity contribution is 7.22. The number of fused-ring (bicyclic) bond motifs is 1. The molecule has 3 aromatic rings. The summed E-state index contributed by atoms with van der Waals surface area (Å²) in [6.07, 6.45) is 1.81. The first kappa shape index (κ1) is 18.1. The second kappa shape index (κ2) is 8.10. The third kappa shape index (κ3) is 3.91. The van der Waals surface area contributed by atoms with E-state index in [9.17, 15) is 4.79 Å². The Morgan fingerprint density at radius 1 is 1.19 bits per heavy atom. The number of carbonyl (C=O) groups excluding carboxylic acids is 1. The third-order valence-corrected chi connectivity index (χ3v) is 5.07. The van der Waals surface area contributed by atoms with Crippen LogP contribution in [0.3, 0.4) is 0 Å². The van der Waals surface area contributed by atoms with Crippen LogP contribution in [-0.4, -0.2) is 37.4 Å². The maximum absolute atomic E-state index is 11.6. The van der Waals surface area contributed by atoms with Crippen molar-refractivity contribution in [2.45, 2.75) is 13.8 Å². The second-order valence-electron chi connectivity index (χ2n) is 5.69. The fourth-order valence-electron chi connectivity index (χ4n) is 2.70. The van der Waals surface area contributed by atoms with E-state index in [0.29, 0.717) is 10.7 Å². The number of anilines is 1. The molecular weight excluding hydrogens is 346 g/mol. The van der Waals surface area contributed by atoms with Gasteiger partial charge in [0, 0.05) is 25.0 Å². The number of methoxy groups -OCH3 is 1. The lowest BCUT2D eigenvalue weighted by atomic mass is 10.2. The lowest BCUT2D eigenvalue weighted by Crippen LogP contribution is -2.21. The summed E-state index contributed by atoms with van der Waals surface area (Å²) in [5.74, 6) is -0.348. The van der Waals surface area contributed by atoms with E-state index in [1.807, 2.05) is 12.3 Å². The molecule has 26 heavy (non-hydrogen) atoms. The Morgan fingerprint density at radius 2 is 1.92 bits per heavy atom. The molecule has 0 N–H and O–H groups in total. The zero-order chi connectivity index (χ0) is 18.5. The van der Waals surface area contributed by atoms with Gasteiger partial charge in [0.15, 0.2) is 0 Å². The predicted octanol–water partition coefficient (Wildman–Crippen LogP) is 4.68. The molecule has 0 aliphatic heterocycles. The number of thiazole rings is 1. The number of rotatable bonds is 6. The molecule has 0 fully saturated rings. The van der Waals surface area contributed by atoms with Crippen LogP contribution in [0.25, 0.3) is 10.2 Å². The number of hydrogen-bond donors (Lipinski definition) is 0. The fourth-order valence-corrected chi connectivity index (χ4v) is 3.55. The van der Waals surface area contributed by atoms with Crippen molar-refractivity contribution < 1.29 is 9.53 Å². The molecule has 5 nitrogen and oxygen atoms in total. The third-order valence-electron chi connectivity index (χ3n) is 4.14. The van der Waals surface area contributed by atoms with Crippen LogP contribution >= 0.6 is 11.3 Å². The molecular formula is C20H21N3O2S. The predicted molar refractivity (Wildman–Crippen MR) is 108 cm³/mol. The number of nitrogens with zero attached hydrogens (tertiary/aromatic N) is 3. The monoisotopic (exact) mass is 367 g/mol. The SMILES string of the molecule is CCN(CC)c1ccc(C=Nc2nc3ccc(C(=O)OC)cc3s2)cc1. The minimum absolute atomic E-state index is 0.348. The molecule has 0 radical (unpaired) electrons. The number of esters is 1. The van der Waals surface area contributed by atoms with E-state index in [1.54, 1.807) is 12.1 Å². The van der Waals surface area contributed by atoms with E-state index in [2.05, 4.69) is 53.0 Å². The van der Waals surface area contributed by atoms with Gasteiger partial charge in [0.1, 0.15) is 0 Å². The molecule has 1 heterocycles. The number of carbonyl (C=O) groups is 1. The Kier molecular flexibility index (Phi) is 5.63. The van der Waals surface area contributed by atoms with Gasteiger partial charge in [-0.1, -0.05) is 23.5 Å². The summed E-state index contributed by atoms with van der Waals surface area (Å²) in [5, 5.41) is 0.662. The van der Waals surface area contributed by atoms with Crippen LogP contribution < -0.4 is 4.90 Å². The zero-order valence-electron chi connectivity index (χ0n) is 15.1. The van der Waals surface area contributed by atoms with E-state index in [-0.39, 0.29) is 5.97 Å². The van der Waals surface area contributed by atoms with Crippen LogP contribution in [0.4, 0.5) is 10.8 Å². The van der Waals surface area contributed by atoms with Crippen molar-refractivity contribution in [2.75, 3.05) is 25.1 Å². The molecule has 0 atom stereocenters. The van der Waals surface area contributed by atoms with Crippen molar-refractivity contribution in [1.82, 2.24) is 4.98 Å². The van der Waals surface area contributed by atoms with E-state index >= 15 is 0 Å². The molecule has 134 valence electrons. The van der Waals surface area contributed by atoms with Crippen molar-refractivity contribution in [3.8, 4) is 0 Å². The van der Waals surface area contributed by atoms with Crippen molar-refractivity contribution in [2.24, 2.45) is 4.99 Å². The molecule has 0 saturated carbocycles. The quantitative estimate of drug-likeness (QED) is 0.469. The van der Waals surface area contributed by atoms with E-state index < -0.39 is 0 Å². The van der Waals surface area contributed by atoms with Crippen LogP contribution in [0.15, 0.2) is 47.5 Å². The summed E-state index contributed by atoms with van der Waals surface area (Å²) in [6.45, 7) is 6.28. The van der Waals surface area contributed by atoms with Crippen molar-refractivity contribution in [3.63, 3.8) is 0 Å². The van der Waals surface area contributed by atoms with Crippen LogP contribution in [-0.2, 0) is 4.74 Å². The zero-order valence-corrected chi connectivity index (χ0v) is 15.9. The maximum Gasteiger partial charge on any atom is 0.337 e. The molecule has 0 spiro atoms. The van der Waals surface area contributed by atoms with Gasteiger partial charge in [-0.3, -0.25) is 0 Å². The molecule has 0 amide bonds. The van der Waals surface area contributed by atoms with E-state index in [1.165, 1.54) is 24.1 Å². The molecule has 0 aliphatic rings. The Labute approximate surface area is 157 Å². The standard InChI is InChI=1S/C20H21N3O2S/c1-4-23(5-2)16-9-6-14(7-10-16)13-21-20-22-17-11-8-15(19(24)25-3)12-18(17)26-20/h6-13H,4-5H2,1-3H3. The van der Waals surface area contributed by atoms with Gasteiger partial charge in [-0.15, -0.1) is 0 Å². The average molecular weight is 367 g/mol. The van der Waals surface area contributed by atoms with Crippen LogP contribution in [0, 0.1) is 0 Å². The van der Waals surface area contributed by atoms with Crippen LogP contribution in [0.2, 0.25) is 0 Å². The molecule has 0 saturated heterocycles. The second-order valence-corrected chi connectivity index (χ2v) is 6.70. The molecule has 3 rings (SSSR count). The summed E-state index contributed by atoms with van der Waals surface area (Å²) in [7, 11) is 1.38. The van der Waals surface area contributed by atoms with Gasteiger partial charge in [0.25, 0.3) is 0 Å². The van der Waals surface area contributed by atoms with Gasteiger partial charge >= 0.3 is 5.97 Å². The van der Waals surface area contributed by atoms with Gasteiger partial charge in [-0.25, -0.2) is 14.8 Å². The Balaban J connectivity index is 1.78. The van der Waals surface area contributed by atoms with Crippen molar-refractivity contribution in [1.29, 1.82) is 0 Å². The minimum atomic E-state index is -0.348. The Morgan fingerprint density at radius 3 is 2.58 bits per heavy atom. The normalized spacial score (nSPS) is 11.2. The smallest absolute Gasteiger partial charge is 0.337 e. The first-order valence-electron chi connectivity index (χ1n) is 8.52. The first-order chi connectivity index (χ1) is 12.6. The highest BCUT2D eigenvalue weighted by Crippen LogP contribution is 2.29. The summed E-state index contributed by atoms with van der Waals surface area (Å²) in [5.41, 5.74) is 3.58. The van der Waals surface area contributed by atoms with Crippen molar-refractivity contribution >= 4 is 44.6 Å². The molecule has 1 aromatic heterocycles. The van der Waals surface area contributed by atoms with Crippen LogP contribution in [0.1, 0.15) is 29.8 Å². The van der Waals surface area contributed by atoms with Gasteiger partial charge in [-0.2, -0.15) is 0 Å². The maximum atomic E-state index is 11.6. The number of aliphatic imine (C=N–C) groups is 1. The summed E-state index contributed by atoms with van der Waals surface area (Å²) in [4.78, 5) is 22.9. The fraction of sp³-hybridized carbons (Fsp3) is 0.250. The summed E-state index contributed by atoms with van der Waals surface area (Å²) in [6, 6.07) is 13.6. The molecule has 0 unspecified atom stereocenters. The van der Waals surface area contributed by atoms with E-state index in [0.717, 1.165) is 28.9 Å². The summed E-state index contributed by atoms with van der Waals surface area (Å²) >= 11 is 1.45. The van der Waals surface area contributed by atoms with Gasteiger partial charge in [0.2, 0.25) is 5.13 Å². The molecule has 0 bridgehead atoms. The van der Waals surface area contributed by atoms with Crippen molar-refractivity contribution in [3.05, 3.63) is 53.6 Å². The average Bonchev–Trinajstić information content (AvgIpc) is 3.09. The number of hydrogen-bond acceptors (Lipinski definition) is 6. The lowest BCUT2D eigenvalue weighted by Gasteiger charge is -2.20. The van der Waals surface area contributed by atoms with Gasteiger partial charge in [0.05, 0.1) is 22.9 Å². The highest BCUT2D eigenvalue weighted by Gasteiger charge is 2.09. The summed E-state index contributed by atoms with van der Waals surface area (Å²) < 4.78 is 5.67. The first-order valence-corrected chi connectivity index (χ1v) is 9.34. The topological polar surface area (TPSA) is 54.8 Å². The molecule has 6 heteroatoms. The van der Waals surface area contributed by atoms with Gasteiger partial charge < -0.3 is 9.64 Å². The number of aromatic nitrogens is 1. The van der Waals surface area contributed by atoms with Gasteiger partial charge in [-0.05, 0) is 49.7 Å². The Bertz CT molecular complexity index is 928. The minimum Gasteiger partial charge on any atom is -0.465 e. The number of ether oxygens (including phenoxy) is 1. The largest absolute Gasteiger partial charge is 0.465 e.